The molecule has 12 aromatic carbocycles. The van der Waals surface area contributed by atoms with Gasteiger partial charge in [-0.3, -0.25) is 0 Å². The summed E-state index contributed by atoms with van der Waals surface area (Å²) in [7, 11) is 0. The fraction of sp³-hybridized carbons (Fsp3) is 0.315. The largest absolute Gasteiger partial charge is 0.456 e. The van der Waals surface area contributed by atoms with E-state index in [1.54, 1.807) is 11.1 Å². The van der Waals surface area contributed by atoms with Gasteiger partial charge in [-0.1, -0.05) is 333 Å². The summed E-state index contributed by atoms with van der Waals surface area (Å²) < 4.78 is 14.3. The zero-order chi connectivity index (χ0) is 77.4. The molecular weight excluding hydrogens is 1370 g/mol. The van der Waals surface area contributed by atoms with Crippen molar-refractivity contribution in [2.45, 2.75) is 213 Å². The van der Waals surface area contributed by atoms with E-state index in [1.165, 1.54) is 243 Å². The van der Waals surface area contributed by atoms with E-state index in [0.29, 0.717) is 0 Å². The molecule has 0 saturated carbocycles. The van der Waals surface area contributed by atoms with Crippen LogP contribution in [0.2, 0.25) is 0 Å². The topological polar surface area (TPSA) is 26.3 Å². The average molecular weight is 1470 g/mol. The molecule has 0 radical (unpaired) electrons. The average Bonchev–Trinajstić information content (AvgIpc) is 1.50. The van der Waals surface area contributed by atoms with E-state index >= 15 is 0 Å². The maximum absolute atomic E-state index is 7.15. The van der Waals surface area contributed by atoms with Crippen LogP contribution in [0.1, 0.15) is 241 Å². The minimum Gasteiger partial charge on any atom is -0.456 e. The molecule has 2 nitrogen and oxygen atoms in total. The third-order valence-corrected chi connectivity index (χ3v) is 29.3. The lowest BCUT2D eigenvalue weighted by Gasteiger charge is -2.42. The van der Waals surface area contributed by atoms with Crippen molar-refractivity contribution in [2.75, 3.05) is 0 Å². The standard InChI is InChI=1S/C111H108O2/c1-14-16-18-20-30-54-111(55-31-21-19-17-15-2)88-37-27-22-32-77(88)80-53-48-75(64-93(80)111)74-47-52-79-78-51-46-73(62-91(78)107(6,7)92(79)63-74)71-42-44-72(45-43-71)86-65-94-98(100-84-34-24-28-38-95(84)112-105(86)100)82-49-40-69(60-89(82)108(94,8)9)58-76(97-67(4)56-66(3)57-68(97)5)59-70-41-50-83-90(61-70)110(12,13)104-102(83)106-101(85-35-25-29-39-96(85)113-106)99-81-33-23-26-36-87(81)109(10,11)103(99)104/h22-29,32-53,56-57,60-65,76,103-104H,14-21,30-31,54-55,58-59H2,1-13H3. The van der Waals surface area contributed by atoms with E-state index in [4.69, 9.17) is 8.83 Å². The van der Waals surface area contributed by atoms with Gasteiger partial charge < -0.3 is 8.83 Å². The quantitative estimate of drug-likeness (QED) is 0.0711. The Morgan fingerprint density at radius 2 is 0.805 bits per heavy atom. The molecule has 0 amide bonds. The molecule has 14 aromatic rings. The predicted octanol–water partition coefficient (Wildman–Crippen LogP) is 28.7. The summed E-state index contributed by atoms with van der Waals surface area (Å²) in [5.74, 6) is 0.767. The lowest BCUT2D eigenvalue weighted by molar-refractivity contribution is 0.256. The third kappa shape index (κ3) is 10.9. The van der Waals surface area contributed by atoms with Gasteiger partial charge in [-0.05, 0) is 250 Å². The van der Waals surface area contributed by atoms with Gasteiger partial charge in [0.25, 0.3) is 0 Å². The maximum atomic E-state index is 7.15. The normalized spacial score (nSPS) is 17.7. The van der Waals surface area contributed by atoms with Gasteiger partial charge in [-0.25, -0.2) is 0 Å². The molecule has 0 spiro atoms. The Kier molecular flexibility index (Phi) is 16.9. The fourth-order valence-electron chi connectivity index (χ4n) is 23.8. The second kappa shape index (κ2) is 26.7. The Morgan fingerprint density at radius 1 is 0.345 bits per heavy atom. The molecule has 6 aliphatic rings. The van der Waals surface area contributed by atoms with Crippen LogP contribution in [-0.4, -0.2) is 0 Å². The van der Waals surface area contributed by atoms with E-state index in [1.807, 2.05) is 0 Å². The first-order chi connectivity index (χ1) is 54.7. The summed E-state index contributed by atoms with van der Waals surface area (Å²) in [6.07, 6.45) is 17.4. The molecule has 564 valence electrons. The zero-order valence-corrected chi connectivity index (χ0v) is 68.9. The molecule has 20 rings (SSSR count). The summed E-state index contributed by atoms with van der Waals surface area (Å²) in [6.45, 7) is 31.6. The maximum Gasteiger partial charge on any atom is 0.143 e. The predicted molar refractivity (Wildman–Crippen MR) is 475 cm³/mol. The van der Waals surface area contributed by atoms with Crippen LogP contribution in [0.25, 0.3) is 111 Å². The van der Waals surface area contributed by atoms with E-state index < -0.39 is 0 Å². The van der Waals surface area contributed by atoms with E-state index in [2.05, 4.69) is 321 Å². The van der Waals surface area contributed by atoms with Crippen molar-refractivity contribution in [2.24, 2.45) is 11.8 Å². The number of furan rings is 2. The Labute approximate surface area is 670 Å². The molecule has 6 aliphatic carbocycles. The first-order valence-corrected chi connectivity index (χ1v) is 43.0. The van der Waals surface area contributed by atoms with Gasteiger partial charge in [0.1, 0.15) is 22.2 Å². The SMILES string of the molecule is CCCCCCCC1(CCCCCCC)c2ccccc2-c2ccc(-c3ccc4c(c3)C(C)(C)c3cc(-c5ccc(-c6cc7c(c8c6oc6ccccc68)-c6ccc(CC(Cc8ccc9c(c8)C(C)(C)C8C9=c9oc%10ccccc%10c9=C9c%10ccccc%10C(C)(C)C98)c8c(C)cc(C)cc8C)cc6C7(C)C)cc5)ccc3-4)cc21. The number of unbranched alkanes of at least 4 members (excludes halogenated alkanes) is 8. The summed E-state index contributed by atoms with van der Waals surface area (Å²) in [5, 5.41) is 4.92. The van der Waals surface area contributed by atoms with Crippen LogP contribution >= 0.6 is 0 Å². The van der Waals surface area contributed by atoms with E-state index in [-0.39, 0.29) is 44.8 Å². The van der Waals surface area contributed by atoms with Crippen molar-refractivity contribution in [3.8, 4) is 66.8 Å². The van der Waals surface area contributed by atoms with Crippen LogP contribution in [0.4, 0.5) is 0 Å². The molecule has 3 atom stereocenters. The Bertz CT molecular complexity index is 6360. The van der Waals surface area contributed by atoms with Gasteiger partial charge in [0.2, 0.25) is 0 Å². The Balaban J connectivity index is 0.609. The van der Waals surface area contributed by atoms with Gasteiger partial charge >= 0.3 is 0 Å². The van der Waals surface area contributed by atoms with Crippen LogP contribution in [0.5, 0.6) is 0 Å². The van der Waals surface area contributed by atoms with Crippen molar-refractivity contribution in [1.29, 1.82) is 0 Å². The van der Waals surface area contributed by atoms with Crippen molar-refractivity contribution in [3.05, 3.63) is 330 Å². The van der Waals surface area contributed by atoms with Crippen molar-refractivity contribution in [1.82, 2.24) is 0 Å². The Hall–Kier alpha value is -10.3. The van der Waals surface area contributed by atoms with Gasteiger partial charge in [0.05, 0.1) is 0 Å². The molecule has 113 heavy (non-hydrogen) atoms. The lowest BCUT2D eigenvalue weighted by Crippen LogP contribution is -2.45. The van der Waals surface area contributed by atoms with Crippen LogP contribution < -0.4 is 10.6 Å². The number of fused-ring (bicyclic) bond motifs is 23. The summed E-state index contributed by atoms with van der Waals surface area (Å²) in [5.41, 5.74) is 44.5. The van der Waals surface area contributed by atoms with Crippen LogP contribution in [-0.2, 0) is 39.9 Å². The van der Waals surface area contributed by atoms with Crippen molar-refractivity contribution >= 4 is 44.1 Å². The highest BCUT2D eigenvalue weighted by Crippen LogP contribution is 2.64. The molecule has 0 saturated heterocycles. The molecule has 3 unspecified atom stereocenters. The number of benzene rings is 12. The number of para-hydroxylation sites is 2. The highest BCUT2D eigenvalue weighted by atomic mass is 16.3. The highest BCUT2D eigenvalue weighted by molar-refractivity contribution is 6.19. The van der Waals surface area contributed by atoms with E-state index in [0.717, 1.165) is 46.1 Å². The number of hydrogen-bond acceptors (Lipinski definition) is 2. The second-order valence-corrected chi connectivity index (χ2v) is 37.5. The fourth-order valence-corrected chi connectivity index (χ4v) is 23.8. The molecule has 2 heteroatoms. The van der Waals surface area contributed by atoms with Gasteiger partial charge in [0.15, 0.2) is 0 Å². The first-order valence-electron chi connectivity index (χ1n) is 43.0. The number of rotatable bonds is 20. The lowest BCUT2D eigenvalue weighted by atomic mass is 9.60. The minimum atomic E-state index is -0.297. The molecule has 0 aliphatic heterocycles. The van der Waals surface area contributed by atoms with Crippen LogP contribution in [0.3, 0.4) is 0 Å². The zero-order valence-electron chi connectivity index (χ0n) is 68.9. The number of hydrogen-bond donors (Lipinski definition) is 0. The first kappa shape index (κ1) is 71.7. The second-order valence-electron chi connectivity index (χ2n) is 37.5. The minimum absolute atomic E-state index is 0.0488. The number of aryl methyl sites for hydroxylation is 3. The molecular formula is C111H108O2. The molecule has 0 fully saturated rings. The molecule has 0 N–H and O–H groups in total. The van der Waals surface area contributed by atoms with E-state index in [9.17, 15) is 0 Å². The summed E-state index contributed by atoms with van der Waals surface area (Å²) in [6, 6.07) is 90.2. The summed E-state index contributed by atoms with van der Waals surface area (Å²) in [4.78, 5) is 0. The smallest absolute Gasteiger partial charge is 0.143 e. The van der Waals surface area contributed by atoms with Gasteiger partial charge in [-0.15, -0.1) is 0 Å². The van der Waals surface area contributed by atoms with Crippen LogP contribution in [0, 0.1) is 32.6 Å². The molecule has 0 bridgehead atoms. The van der Waals surface area contributed by atoms with Crippen LogP contribution in [0.15, 0.2) is 239 Å². The van der Waals surface area contributed by atoms with Gasteiger partial charge in [-0.2, -0.15) is 0 Å². The highest BCUT2D eigenvalue weighted by Gasteiger charge is 2.58. The Morgan fingerprint density at radius 3 is 1.45 bits per heavy atom. The monoisotopic (exact) mass is 1470 g/mol. The molecule has 2 aromatic heterocycles. The summed E-state index contributed by atoms with van der Waals surface area (Å²) >= 11 is 0. The molecule has 2 heterocycles. The van der Waals surface area contributed by atoms with Crippen molar-refractivity contribution in [3.63, 3.8) is 0 Å². The van der Waals surface area contributed by atoms with Gasteiger partial charge in [0, 0.05) is 60.6 Å². The third-order valence-electron chi connectivity index (χ3n) is 29.3. The van der Waals surface area contributed by atoms with Crippen molar-refractivity contribution < 1.29 is 8.83 Å².